The Morgan fingerprint density at radius 1 is 1.14 bits per heavy atom. The van der Waals surface area contributed by atoms with Crippen molar-refractivity contribution in [1.29, 1.82) is 5.41 Å². The Hall–Kier alpha value is -3.43. The molecule has 0 radical (unpaired) electrons. The quantitative estimate of drug-likeness (QED) is 0.375. The average molecular weight is 366 g/mol. The van der Waals surface area contributed by atoms with Crippen molar-refractivity contribution < 1.29 is 4.74 Å². The Bertz CT molecular complexity index is 1040. The van der Waals surface area contributed by atoms with E-state index in [-0.39, 0.29) is 11.7 Å². The summed E-state index contributed by atoms with van der Waals surface area (Å²) in [4.78, 5) is 0. The third-order valence-electron chi connectivity index (χ3n) is 5.06. The lowest BCUT2D eigenvalue weighted by Gasteiger charge is -2.13. The SMILES string of the molecule is C=Cc1ccccc1N/C(C=N)=C/C(=C)c1cccc(C23C=CC=CC2O3)c1. The number of allylic oxidation sites excluding steroid dienone is 5. The van der Waals surface area contributed by atoms with Gasteiger partial charge in [-0.3, -0.25) is 0 Å². The van der Waals surface area contributed by atoms with Gasteiger partial charge in [0.1, 0.15) is 11.7 Å². The van der Waals surface area contributed by atoms with Gasteiger partial charge in [0.2, 0.25) is 0 Å². The van der Waals surface area contributed by atoms with Gasteiger partial charge < -0.3 is 15.5 Å². The number of nitrogens with one attached hydrogen (secondary N) is 2. The number of anilines is 1. The standard InChI is InChI=1S/C25H22N2O/c1-3-19-9-4-5-12-23(19)27-22(17-26)15-18(2)20-10-8-11-21(16-20)25-14-7-6-13-24(25)28-25/h3-17,24,26-27H,1-2H2/b22-15+,26-17?. The molecule has 138 valence electrons. The van der Waals surface area contributed by atoms with Gasteiger partial charge in [0.25, 0.3) is 0 Å². The van der Waals surface area contributed by atoms with Crippen molar-refractivity contribution in [2.24, 2.45) is 0 Å². The zero-order valence-electron chi connectivity index (χ0n) is 15.6. The summed E-state index contributed by atoms with van der Waals surface area (Å²) in [6, 6.07) is 16.1. The molecule has 1 heterocycles. The Morgan fingerprint density at radius 3 is 2.79 bits per heavy atom. The van der Waals surface area contributed by atoms with Crippen LogP contribution >= 0.6 is 0 Å². The van der Waals surface area contributed by atoms with E-state index in [1.807, 2.05) is 54.6 Å². The van der Waals surface area contributed by atoms with E-state index < -0.39 is 0 Å². The van der Waals surface area contributed by atoms with Gasteiger partial charge in [-0.1, -0.05) is 73.9 Å². The molecule has 2 atom stereocenters. The van der Waals surface area contributed by atoms with E-state index in [0.717, 1.165) is 28.0 Å². The predicted molar refractivity (Wildman–Crippen MR) is 117 cm³/mol. The first kappa shape index (κ1) is 18.0. The highest BCUT2D eigenvalue weighted by Gasteiger charge is 2.55. The predicted octanol–water partition coefficient (Wildman–Crippen LogP) is 5.71. The van der Waals surface area contributed by atoms with Crippen LogP contribution in [0.2, 0.25) is 0 Å². The second-order valence-electron chi connectivity index (χ2n) is 6.84. The molecule has 1 aliphatic carbocycles. The maximum absolute atomic E-state index is 7.77. The Morgan fingerprint density at radius 2 is 2.00 bits per heavy atom. The van der Waals surface area contributed by atoms with Gasteiger partial charge in [-0.2, -0.15) is 0 Å². The first-order valence-corrected chi connectivity index (χ1v) is 9.20. The van der Waals surface area contributed by atoms with Crippen molar-refractivity contribution in [3.63, 3.8) is 0 Å². The third-order valence-corrected chi connectivity index (χ3v) is 5.06. The summed E-state index contributed by atoms with van der Waals surface area (Å²) in [6.45, 7) is 8.05. The lowest BCUT2D eigenvalue weighted by Crippen LogP contribution is -2.10. The summed E-state index contributed by atoms with van der Waals surface area (Å²) < 4.78 is 5.92. The Balaban J connectivity index is 1.58. The molecule has 0 bridgehead atoms. The van der Waals surface area contributed by atoms with Crippen LogP contribution in [-0.2, 0) is 10.3 Å². The Labute approximate surface area is 165 Å². The van der Waals surface area contributed by atoms with Crippen LogP contribution in [0.15, 0.2) is 97.8 Å². The normalized spacial score (nSPS) is 22.3. The molecular formula is C25H22N2O. The molecule has 2 unspecified atom stereocenters. The summed E-state index contributed by atoms with van der Waals surface area (Å²) in [5.41, 5.74) is 5.16. The monoisotopic (exact) mass is 366 g/mol. The maximum Gasteiger partial charge on any atom is 0.142 e. The van der Waals surface area contributed by atoms with Gasteiger partial charge in [0, 0.05) is 11.9 Å². The molecule has 2 aromatic carbocycles. The number of hydrogen-bond donors (Lipinski definition) is 2. The molecule has 0 spiro atoms. The van der Waals surface area contributed by atoms with Gasteiger partial charge in [0.15, 0.2) is 0 Å². The topological polar surface area (TPSA) is 48.4 Å². The molecule has 0 aromatic heterocycles. The van der Waals surface area contributed by atoms with Crippen LogP contribution < -0.4 is 5.32 Å². The molecule has 2 N–H and O–H groups in total. The number of epoxide rings is 1. The molecule has 0 saturated carbocycles. The zero-order chi connectivity index (χ0) is 19.6. The summed E-state index contributed by atoms with van der Waals surface area (Å²) in [5, 5.41) is 11.1. The minimum atomic E-state index is -0.333. The average Bonchev–Trinajstić information content (AvgIpc) is 3.50. The maximum atomic E-state index is 7.77. The molecule has 1 saturated heterocycles. The highest BCUT2D eigenvalue weighted by Crippen LogP contribution is 2.50. The number of ether oxygens (including phenoxy) is 1. The molecule has 0 amide bonds. The number of benzene rings is 2. The van der Waals surface area contributed by atoms with Crippen molar-refractivity contribution in [1.82, 2.24) is 0 Å². The van der Waals surface area contributed by atoms with Crippen LogP contribution in [0.25, 0.3) is 11.6 Å². The van der Waals surface area contributed by atoms with Crippen molar-refractivity contribution in [2.75, 3.05) is 5.32 Å². The van der Waals surface area contributed by atoms with Gasteiger partial charge in [-0.15, -0.1) is 0 Å². The highest BCUT2D eigenvalue weighted by molar-refractivity contribution is 5.88. The fraction of sp³-hybridized carbons (Fsp3) is 0.0800. The van der Waals surface area contributed by atoms with Crippen LogP contribution in [0.4, 0.5) is 5.69 Å². The minimum absolute atomic E-state index is 0.116. The van der Waals surface area contributed by atoms with Crippen molar-refractivity contribution >= 4 is 23.6 Å². The van der Waals surface area contributed by atoms with E-state index in [9.17, 15) is 0 Å². The zero-order valence-corrected chi connectivity index (χ0v) is 15.6. The van der Waals surface area contributed by atoms with Crippen molar-refractivity contribution in [2.45, 2.75) is 11.7 Å². The molecule has 1 fully saturated rings. The number of rotatable bonds is 7. The van der Waals surface area contributed by atoms with E-state index in [1.165, 1.54) is 6.21 Å². The van der Waals surface area contributed by atoms with Gasteiger partial charge >= 0.3 is 0 Å². The lowest BCUT2D eigenvalue weighted by molar-refractivity contribution is 0.346. The summed E-state index contributed by atoms with van der Waals surface area (Å²) in [5.74, 6) is 0. The van der Waals surface area contributed by atoms with Gasteiger partial charge in [-0.25, -0.2) is 0 Å². The smallest absolute Gasteiger partial charge is 0.142 e. The fourth-order valence-electron chi connectivity index (χ4n) is 3.48. The molecule has 4 rings (SSSR count). The van der Waals surface area contributed by atoms with Crippen molar-refractivity contribution in [3.8, 4) is 0 Å². The van der Waals surface area contributed by atoms with Gasteiger partial charge in [-0.05, 0) is 46.5 Å². The van der Waals surface area contributed by atoms with Crippen LogP contribution in [-0.4, -0.2) is 12.3 Å². The summed E-state index contributed by atoms with van der Waals surface area (Å²) in [6.07, 6.45) is 13.3. The van der Waals surface area contributed by atoms with Crippen LogP contribution in [0.3, 0.4) is 0 Å². The van der Waals surface area contributed by atoms with Crippen LogP contribution in [0.1, 0.15) is 16.7 Å². The fourth-order valence-corrected chi connectivity index (χ4v) is 3.48. The first-order valence-electron chi connectivity index (χ1n) is 9.20. The molecule has 28 heavy (non-hydrogen) atoms. The van der Waals surface area contributed by atoms with Crippen LogP contribution in [0.5, 0.6) is 0 Å². The van der Waals surface area contributed by atoms with Crippen LogP contribution in [0, 0.1) is 5.41 Å². The van der Waals surface area contributed by atoms with E-state index in [1.54, 1.807) is 6.08 Å². The van der Waals surface area contributed by atoms with Gasteiger partial charge in [0.05, 0.1) is 5.70 Å². The summed E-state index contributed by atoms with van der Waals surface area (Å²) in [7, 11) is 0. The molecule has 3 nitrogen and oxygen atoms in total. The molecule has 3 heteroatoms. The molecular weight excluding hydrogens is 344 g/mol. The third kappa shape index (κ3) is 3.28. The number of para-hydroxylation sites is 1. The summed E-state index contributed by atoms with van der Waals surface area (Å²) >= 11 is 0. The second-order valence-corrected chi connectivity index (χ2v) is 6.84. The Kier molecular flexibility index (Phi) is 4.68. The largest absolute Gasteiger partial charge is 0.354 e. The second kappa shape index (κ2) is 7.29. The minimum Gasteiger partial charge on any atom is -0.354 e. The lowest BCUT2D eigenvalue weighted by atomic mass is 9.90. The molecule has 2 aromatic rings. The highest BCUT2D eigenvalue weighted by atomic mass is 16.6. The first-order chi connectivity index (χ1) is 13.7. The van der Waals surface area contributed by atoms with E-state index >= 15 is 0 Å². The molecule has 2 aliphatic rings. The van der Waals surface area contributed by atoms with E-state index in [2.05, 4.69) is 42.8 Å². The molecule has 1 aliphatic heterocycles. The number of fused-ring (bicyclic) bond motifs is 1. The van der Waals surface area contributed by atoms with E-state index in [0.29, 0.717) is 5.70 Å². The number of hydrogen-bond acceptors (Lipinski definition) is 3. The van der Waals surface area contributed by atoms with Crippen molar-refractivity contribution in [3.05, 3.63) is 114 Å². The van der Waals surface area contributed by atoms with E-state index in [4.69, 9.17) is 10.1 Å².